The van der Waals surface area contributed by atoms with E-state index in [1.165, 1.54) is 23.1 Å². The van der Waals surface area contributed by atoms with Crippen LogP contribution in [0.2, 0.25) is 0 Å². The Hall–Kier alpha value is -2.84. The fraction of sp³-hybridized carbons (Fsp3) is 0.353. The lowest BCUT2D eigenvalue weighted by Crippen LogP contribution is -2.45. The van der Waals surface area contributed by atoms with Crippen molar-refractivity contribution in [2.75, 3.05) is 11.4 Å². The number of aromatic nitrogens is 2. The van der Waals surface area contributed by atoms with E-state index in [0.29, 0.717) is 25.2 Å². The summed E-state index contributed by atoms with van der Waals surface area (Å²) in [6, 6.07) is 6.75. The maximum Gasteiger partial charge on any atom is 0.417 e. The summed E-state index contributed by atoms with van der Waals surface area (Å²) >= 11 is 0. The van der Waals surface area contributed by atoms with Gasteiger partial charge in [0.1, 0.15) is 0 Å². The van der Waals surface area contributed by atoms with Crippen LogP contribution in [0.15, 0.2) is 41.7 Å². The Morgan fingerprint density at radius 1 is 1.31 bits per heavy atom. The van der Waals surface area contributed by atoms with Crippen LogP contribution in [-0.4, -0.2) is 34.6 Å². The number of benzene rings is 1. The first-order chi connectivity index (χ1) is 12.4. The van der Waals surface area contributed by atoms with Crippen LogP contribution in [0.5, 0.6) is 0 Å². The number of rotatable bonds is 4. The predicted octanol–water partition coefficient (Wildman–Crippen LogP) is 2.99. The Kier molecular flexibility index (Phi) is 4.97. The van der Waals surface area contributed by atoms with Crippen LogP contribution in [0.1, 0.15) is 24.0 Å². The Balaban J connectivity index is 1.70. The molecule has 0 spiro atoms. The van der Waals surface area contributed by atoms with Gasteiger partial charge in [-0.15, -0.1) is 0 Å². The second-order valence-electron chi connectivity index (χ2n) is 5.89. The van der Waals surface area contributed by atoms with Crippen LogP contribution in [-0.2, 0) is 22.9 Å². The third kappa shape index (κ3) is 3.87. The Morgan fingerprint density at radius 2 is 2.08 bits per heavy atom. The Labute approximate surface area is 147 Å². The summed E-state index contributed by atoms with van der Waals surface area (Å²) in [5.41, 5.74) is -0.928. The predicted molar refractivity (Wildman–Crippen MR) is 88.7 cm³/mol. The van der Waals surface area contributed by atoms with Gasteiger partial charge in [0, 0.05) is 31.4 Å². The smallest absolute Gasteiger partial charge is 0.382 e. The number of aryl methyl sites for hydroxylation is 1. The molecule has 9 heteroatoms. The molecule has 0 saturated carbocycles. The fourth-order valence-corrected chi connectivity index (χ4v) is 2.74. The van der Waals surface area contributed by atoms with E-state index in [4.69, 9.17) is 4.84 Å². The molecule has 0 aliphatic carbocycles. The molecule has 1 aromatic carbocycles. The standard InChI is InChI=1S/C17H17F3N4O2/c1-23-10-8-15(22-23)24-9-4-7-14(16(24)25)26-21-11-12-5-2-3-6-13(12)17(18,19)20/h2-3,5-6,8,10-11,14H,4,7,9H2,1H3. The number of nitrogens with zero attached hydrogens (tertiary/aromatic N) is 4. The van der Waals surface area contributed by atoms with Crippen LogP contribution < -0.4 is 4.90 Å². The van der Waals surface area contributed by atoms with E-state index in [2.05, 4.69) is 10.3 Å². The molecule has 0 N–H and O–H groups in total. The van der Waals surface area contributed by atoms with Crippen LogP contribution >= 0.6 is 0 Å². The molecule has 3 rings (SSSR count). The quantitative estimate of drug-likeness (QED) is 0.617. The molecule has 1 aliphatic heterocycles. The largest absolute Gasteiger partial charge is 0.417 e. The normalized spacial score (nSPS) is 18.5. The van der Waals surface area contributed by atoms with Crippen molar-refractivity contribution in [2.24, 2.45) is 12.2 Å². The van der Waals surface area contributed by atoms with Gasteiger partial charge in [-0.05, 0) is 18.9 Å². The summed E-state index contributed by atoms with van der Waals surface area (Å²) in [5, 5.41) is 7.81. The highest BCUT2D eigenvalue weighted by Gasteiger charge is 2.34. The first kappa shape index (κ1) is 18.0. The van der Waals surface area contributed by atoms with Gasteiger partial charge in [-0.2, -0.15) is 18.3 Å². The van der Waals surface area contributed by atoms with Gasteiger partial charge in [-0.1, -0.05) is 23.4 Å². The van der Waals surface area contributed by atoms with Crippen molar-refractivity contribution in [2.45, 2.75) is 25.1 Å². The third-order valence-electron chi connectivity index (χ3n) is 4.01. The van der Waals surface area contributed by atoms with Crippen LogP contribution in [0.3, 0.4) is 0 Å². The number of piperidine rings is 1. The monoisotopic (exact) mass is 366 g/mol. The Morgan fingerprint density at radius 3 is 2.77 bits per heavy atom. The molecule has 0 bridgehead atoms. The number of carbonyl (C=O) groups is 1. The van der Waals surface area contributed by atoms with Crippen molar-refractivity contribution in [1.29, 1.82) is 0 Å². The van der Waals surface area contributed by atoms with E-state index in [-0.39, 0.29) is 11.5 Å². The van der Waals surface area contributed by atoms with E-state index in [0.717, 1.165) is 12.3 Å². The van der Waals surface area contributed by atoms with Gasteiger partial charge < -0.3 is 4.84 Å². The van der Waals surface area contributed by atoms with Gasteiger partial charge in [0.2, 0.25) is 6.10 Å². The summed E-state index contributed by atoms with van der Waals surface area (Å²) in [4.78, 5) is 19.2. The lowest BCUT2D eigenvalue weighted by Gasteiger charge is -2.29. The highest BCUT2D eigenvalue weighted by molar-refractivity contribution is 5.96. The molecule has 1 unspecified atom stereocenters. The number of anilines is 1. The van der Waals surface area contributed by atoms with E-state index < -0.39 is 17.8 Å². The maximum atomic E-state index is 13.0. The zero-order valence-electron chi connectivity index (χ0n) is 14.0. The molecule has 1 fully saturated rings. The lowest BCUT2D eigenvalue weighted by molar-refractivity contribution is -0.137. The SMILES string of the molecule is Cn1ccc(N2CCCC(ON=Cc3ccccc3C(F)(F)F)C2=O)n1. The maximum absolute atomic E-state index is 13.0. The van der Waals surface area contributed by atoms with E-state index in [1.807, 2.05) is 0 Å². The molecule has 1 amide bonds. The molecular weight excluding hydrogens is 349 g/mol. The van der Waals surface area contributed by atoms with Crippen molar-refractivity contribution >= 4 is 17.9 Å². The molecule has 1 saturated heterocycles. The van der Waals surface area contributed by atoms with Crippen molar-refractivity contribution < 1.29 is 22.8 Å². The second-order valence-corrected chi connectivity index (χ2v) is 5.89. The average molecular weight is 366 g/mol. The van der Waals surface area contributed by atoms with E-state index in [9.17, 15) is 18.0 Å². The number of amides is 1. The van der Waals surface area contributed by atoms with Crippen molar-refractivity contribution in [3.63, 3.8) is 0 Å². The molecular formula is C17H17F3N4O2. The average Bonchev–Trinajstić information content (AvgIpc) is 3.02. The molecule has 0 radical (unpaired) electrons. The number of hydrogen-bond acceptors (Lipinski definition) is 4. The summed E-state index contributed by atoms with van der Waals surface area (Å²) in [5.74, 6) is 0.202. The number of hydrogen-bond donors (Lipinski definition) is 0. The number of alkyl halides is 3. The summed E-state index contributed by atoms with van der Waals surface area (Å²) in [6.45, 7) is 0.510. The lowest BCUT2D eigenvalue weighted by atomic mass is 10.1. The first-order valence-electron chi connectivity index (χ1n) is 8.02. The van der Waals surface area contributed by atoms with E-state index >= 15 is 0 Å². The summed E-state index contributed by atoms with van der Waals surface area (Å²) in [7, 11) is 1.74. The first-order valence-corrected chi connectivity index (χ1v) is 8.02. The molecule has 138 valence electrons. The zero-order valence-corrected chi connectivity index (χ0v) is 14.0. The van der Waals surface area contributed by atoms with Crippen molar-refractivity contribution in [1.82, 2.24) is 9.78 Å². The number of halogens is 3. The molecule has 1 aliphatic rings. The van der Waals surface area contributed by atoms with Crippen LogP contribution in [0.4, 0.5) is 19.0 Å². The minimum Gasteiger partial charge on any atom is -0.382 e. The molecule has 6 nitrogen and oxygen atoms in total. The molecule has 1 aromatic heterocycles. The van der Waals surface area contributed by atoms with E-state index in [1.54, 1.807) is 24.0 Å². The number of carbonyl (C=O) groups excluding carboxylic acids is 1. The van der Waals surface area contributed by atoms with Gasteiger partial charge in [0.05, 0.1) is 11.8 Å². The Bertz CT molecular complexity index is 816. The van der Waals surface area contributed by atoms with Gasteiger partial charge in [-0.25, -0.2) is 0 Å². The van der Waals surface area contributed by atoms with Crippen molar-refractivity contribution in [3.8, 4) is 0 Å². The summed E-state index contributed by atoms with van der Waals surface area (Å²) < 4.78 is 40.5. The molecule has 1 atom stereocenters. The van der Waals surface area contributed by atoms with Crippen LogP contribution in [0.25, 0.3) is 0 Å². The van der Waals surface area contributed by atoms with Gasteiger partial charge >= 0.3 is 6.18 Å². The zero-order chi connectivity index (χ0) is 18.7. The van der Waals surface area contributed by atoms with Gasteiger partial charge in [0.15, 0.2) is 5.82 Å². The second kappa shape index (κ2) is 7.19. The molecule has 2 aromatic rings. The third-order valence-corrected chi connectivity index (χ3v) is 4.01. The highest BCUT2D eigenvalue weighted by atomic mass is 19.4. The molecule has 2 heterocycles. The van der Waals surface area contributed by atoms with Gasteiger partial charge in [-0.3, -0.25) is 14.4 Å². The number of oxime groups is 1. The van der Waals surface area contributed by atoms with Crippen molar-refractivity contribution in [3.05, 3.63) is 47.7 Å². The fourth-order valence-electron chi connectivity index (χ4n) is 2.74. The minimum atomic E-state index is -4.49. The molecule has 26 heavy (non-hydrogen) atoms. The van der Waals surface area contributed by atoms with Crippen LogP contribution in [0, 0.1) is 0 Å². The minimum absolute atomic E-state index is 0.121. The summed E-state index contributed by atoms with van der Waals surface area (Å²) in [6.07, 6.45) is -1.50. The van der Waals surface area contributed by atoms with Gasteiger partial charge in [0.25, 0.3) is 5.91 Å². The topological polar surface area (TPSA) is 59.7 Å². The highest BCUT2D eigenvalue weighted by Crippen LogP contribution is 2.31.